The summed E-state index contributed by atoms with van der Waals surface area (Å²) in [7, 11) is 0. The molecule has 2 aromatic heterocycles. The Morgan fingerprint density at radius 2 is 0.741 bits per heavy atom. The summed E-state index contributed by atoms with van der Waals surface area (Å²) in [6, 6.07) is 68.0. The third-order valence-electron chi connectivity index (χ3n) is 11.4. The smallest absolute Gasteiger partial charge is 0.0361 e. The summed E-state index contributed by atoms with van der Waals surface area (Å²) in [5.41, 5.74) is 7.56. The first-order valence-electron chi connectivity index (χ1n) is 18.5. The van der Waals surface area contributed by atoms with Crippen LogP contribution in [0.5, 0.6) is 0 Å². The number of rotatable bonds is 3. The molecule has 12 aromatic rings. The van der Waals surface area contributed by atoms with Crippen LogP contribution < -0.4 is 0 Å². The fourth-order valence-corrected chi connectivity index (χ4v) is 11.2. The van der Waals surface area contributed by atoms with Gasteiger partial charge in [0.1, 0.15) is 0 Å². The summed E-state index contributed by atoms with van der Waals surface area (Å²) < 4.78 is 5.38. The van der Waals surface area contributed by atoms with E-state index in [0.717, 1.165) is 0 Å². The number of thiophene rings is 2. The van der Waals surface area contributed by atoms with Gasteiger partial charge in [-0.15, -0.1) is 22.7 Å². The van der Waals surface area contributed by atoms with Crippen molar-refractivity contribution in [1.82, 2.24) is 0 Å². The van der Waals surface area contributed by atoms with E-state index in [0.29, 0.717) is 0 Å². The molecule has 0 aliphatic heterocycles. The van der Waals surface area contributed by atoms with Gasteiger partial charge in [-0.05, 0) is 125 Å². The van der Waals surface area contributed by atoms with Crippen LogP contribution in [0.3, 0.4) is 0 Å². The Hall–Kier alpha value is -6.32. The fraction of sp³-hybridized carbons (Fsp3) is 0. The molecule has 0 amide bonds. The van der Waals surface area contributed by atoms with Crippen LogP contribution in [0, 0.1) is 0 Å². The van der Waals surface area contributed by atoms with Crippen molar-refractivity contribution < 1.29 is 0 Å². The van der Waals surface area contributed by atoms with E-state index < -0.39 is 0 Å². The van der Waals surface area contributed by atoms with Crippen molar-refractivity contribution in [2.75, 3.05) is 0 Å². The van der Waals surface area contributed by atoms with Gasteiger partial charge in [0.15, 0.2) is 0 Å². The predicted octanol–water partition coefficient (Wildman–Crippen LogP) is 16.0. The molecule has 0 N–H and O–H groups in total. The second kappa shape index (κ2) is 11.6. The van der Waals surface area contributed by atoms with Crippen molar-refractivity contribution in [3.05, 3.63) is 182 Å². The highest BCUT2D eigenvalue weighted by atomic mass is 32.1. The van der Waals surface area contributed by atoms with E-state index in [4.69, 9.17) is 0 Å². The van der Waals surface area contributed by atoms with Crippen LogP contribution in [-0.2, 0) is 0 Å². The minimum absolute atomic E-state index is 1.23. The Morgan fingerprint density at radius 1 is 0.241 bits per heavy atom. The van der Waals surface area contributed by atoms with Crippen LogP contribution in [0.2, 0.25) is 0 Å². The SMILES string of the molecule is c1cc(-c2ccc3sc4cc5cc6sc7ccccc7c6cc5cc4c3c2)cc(-c2c3ccccc3c(-c3cccc4ccccc34)c3ccccc23)c1. The molecule has 0 fully saturated rings. The molecule has 0 atom stereocenters. The molecule has 0 bridgehead atoms. The molecule has 0 saturated heterocycles. The Bertz CT molecular complexity index is 3440. The van der Waals surface area contributed by atoms with Gasteiger partial charge in [-0.1, -0.05) is 133 Å². The molecule has 0 saturated carbocycles. The summed E-state index contributed by atoms with van der Waals surface area (Å²) >= 11 is 3.79. The van der Waals surface area contributed by atoms with Gasteiger partial charge in [0.2, 0.25) is 0 Å². The standard InChI is InChI=1S/C52H30S2/c1-2-15-37-31(11-1)12-10-21-39(37)52-42-19-5-3-17-40(42)51(41-18-4-6-20-43(41)52)34-14-9-13-32(25-34)33-23-24-48-45(26-33)46-28-35-27-44-38-16-7-8-22-47(38)53-49(44)29-36(35)30-50(46)54-48/h1-30H. The highest BCUT2D eigenvalue weighted by Crippen LogP contribution is 2.46. The number of hydrogen-bond donors (Lipinski definition) is 0. The number of fused-ring (bicyclic) bond motifs is 10. The molecule has 2 heteroatoms. The average molecular weight is 719 g/mol. The van der Waals surface area contributed by atoms with Gasteiger partial charge in [0.25, 0.3) is 0 Å². The van der Waals surface area contributed by atoms with Crippen LogP contribution in [0.25, 0.3) is 117 Å². The second-order valence-electron chi connectivity index (χ2n) is 14.4. The molecule has 0 spiro atoms. The van der Waals surface area contributed by atoms with Crippen molar-refractivity contribution in [3.63, 3.8) is 0 Å². The van der Waals surface area contributed by atoms with Gasteiger partial charge >= 0.3 is 0 Å². The normalized spacial score (nSPS) is 12.1. The van der Waals surface area contributed by atoms with E-state index in [1.165, 1.54) is 117 Å². The molecule has 0 nitrogen and oxygen atoms in total. The van der Waals surface area contributed by atoms with Crippen LogP contribution in [0.15, 0.2) is 182 Å². The minimum atomic E-state index is 1.23. The van der Waals surface area contributed by atoms with Crippen LogP contribution >= 0.6 is 22.7 Å². The Kier molecular flexibility index (Phi) is 6.48. The zero-order valence-corrected chi connectivity index (χ0v) is 30.8. The van der Waals surface area contributed by atoms with Gasteiger partial charge in [-0.25, -0.2) is 0 Å². The molecule has 0 radical (unpaired) electrons. The Morgan fingerprint density at radius 3 is 1.48 bits per heavy atom. The molecule has 12 rings (SSSR count). The Labute approximate surface area is 319 Å². The molecule has 250 valence electrons. The largest absolute Gasteiger partial charge is 0.135 e. The quantitative estimate of drug-likeness (QED) is 0.160. The lowest BCUT2D eigenvalue weighted by Crippen LogP contribution is -1.92. The van der Waals surface area contributed by atoms with Crippen molar-refractivity contribution in [3.8, 4) is 33.4 Å². The maximum atomic E-state index is 2.42. The lowest BCUT2D eigenvalue weighted by Gasteiger charge is -2.19. The van der Waals surface area contributed by atoms with Crippen molar-refractivity contribution in [2.24, 2.45) is 0 Å². The highest BCUT2D eigenvalue weighted by Gasteiger charge is 2.18. The predicted molar refractivity (Wildman–Crippen MR) is 239 cm³/mol. The third kappa shape index (κ3) is 4.48. The summed E-state index contributed by atoms with van der Waals surface area (Å²) in [5, 5.41) is 15.6. The summed E-state index contributed by atoms with van der Waals surface area (Å²) in [6.07, 6.45) is 0. The average Bonchev–Trinajstić information content (AvgIpc) is 3.77. The third-order valence-corrected chi connectivity index (χ3v) is 13.7. The minimum Gasteiger partial charge on any atom is -0.135 e. The van der Waals surface area contributed by atoms with Crippen LogP contribution in [0.1, 0.15) is 0 Å². The zero-order valence-electron chi connectivity index (χ0n) is 29.1. The van der Waals surface area contributed by atoms with Gasteiger partial charge in [-0.2, -0.15) is 0 Å². The molecule has 54 heavy (non-hydrogen) atoms. The van der Waals surface area contributed by atoms with Crippen molar-refractivity contribution in [2.45, 2.75) is 0 Å². The summed E-state index contributed by atoms with van der Waals surface area (Å²) in [5.74, 6) is 0. The van der Waals surface area contributed by atoms with E-state index in [2.05, 4.69) is 182 Å². The molecule has 2 heterocycles. The van der Waals surface area contributed by atoms with Crippen molar-refractivity contribution >= 4 is 106 Å². The van der Waals surface area contributed by atoms with Gasteiger partial charge in [0, 0.05) is 40.3 Å². The lowest BCUT2D eigenvalue weighted by molar-refractivity contribution is 1.63. The first kappa shape index (κ1) is 30.2. The summed E-state index contributed by atoms with van der Waals surface area (Å²) in [6.45, 7) is 0. The van der Waals surface area contributed by atoms with Gasteiger partial charge in [0.05, 0.1) is 0 Å². The van der Waals surface area contributed by atoms with E-state index in [9.17, 15) is 0 Å². The maximum Gasteiger partial charge on any atom is 0.0361 e. The molecule has 0 aliphatic rings. The van der Waals surface area contributed by atoms with Crippen molar-refractivity contribution in [1.29, 1.82) is 0 Å². The van der Waals surface area contributed by atoms with Crippen LogP contribution in [-0.4, -0.2) is 0 Å². The zero-order chi connectivity index (χ0) is 35.3. The van der Waals surface area contributed by atoms with E-state index >= 15 is 0 Å². The molecule has 10 aromatic carbocycles. The number of hydrogen-bond acceptors (Lipinski definition) is 2. The molecule has 0 aliphatic carbocycles. The fourth-order valence-electron chi connectivity index (χ4n) is 8.95. The van der Waals surface area contributed by atoms with Gasteiger partial charge in [-0.3, -0.25) is 0 Å². The maximum absolute atomic E-state index is 2.42. The topological polar surface area (TPSA) is 0 Å². The molecular weight excluding hydrogens is 689 g/mol. The lowest BCUT2D eigenvalue weighted by atomic mass is 9.84. The molecule has 0 unspecified atom stereocenters. The first-order chi connectivity index (χ1) is 26.7. The monoisotopic (exact) mass is 718 g/mol. The Balaban J connectivity index is 1.04. The summed E-state index contributed by atoms with van der Waals surface area (Å²) in [4.78, 5) is 0. The molecular formula is C52H30S2. The first-order valence-corrected chi connectivity index (χ1v) is 20.1. The van der Waals surface area contributed by atoms with E-state index in [1.807, 2.05) is 22.7 Å². The van der Waals surface area contributed by atoms with Gasteiger partial charge < -0.3 is 0 Å². The second-order valence-corrected chi connectivity index (χ2v) is 16.6. The van der Waals surface area contributed by atoms with E-state index in [-0.39, 0.29) is 0 Å². The van der Waals surface area contributed by atoms with Crippen LogP contribution in [0.4, 0.5) is 0 Å². The number of benzene rings is 10. The highest BCUT2D eigenvalue weighted by molar-refractivity contribution is 7.26. The van der Waals surface area contributed by atoms with E-state index in [1.54, 1.807) is 0 Å².